The summed E-state index contributed by atoms with van der Waals surface area (Å²) < 4.78 is 12.2. The molecule has 0 bridgehead atoms. The highest BCUT2D eigenvalue weighted by molar-refractivity contribution is 5.92. The number of aromatic nitrogens is 5. The van der Waals surface area contributed by atoms with E-state index in [1.807, 2.05) is 23.8 Å². The Hall–Kier alpha value is -3.95. The maximum absolute atomic E-state index is 12.2. The first-order valence-corrected chi connectivity index (χ1v) is 8.56. The molecule has 0 unspecified atom stereocenters. The first kappa shape index (κ1) is 17.5. The summed E-state index contributed by atoms with van der Waals surface area (Å²) in [5.41, 5.74) is 0.186. The second-order valence-corrected chi connectivity index (χ2v) is 5.84. The second kappa shape index (κ2) is 7.74. The minimum atomic E-state index is -0.333. The molecule has 1 amide bonds. The Labute approximate surface area is 159 Å². The fraction of sp³-hybridized carbons (Fsp3) is 0.167. The van der Waals surface area contributed by atoms with Crippen LogP contribution in [-0.4, -0.2) is 43.7 Å². The van der Waals surface area contributed by atoms with Crippen molar-refractivity contribution in [2.75, 3.05) is 18.4 Å². The van der Waals surface area contributed by atoms with Gasteiger partial charge in [-0.25, -0.2) is 15.0 Å². The molecular weight excluding hydrogens is 362 g/mol. The minimum absolute atomic E-state index is 0.186. The summed E-state index contributed by atoms with van der Waals surface area (Å²) in [7, 11) is 0. The van der Waals surface area contributed by atoms with Gasteiger partial charge in [0.05, 0.1) is 6.26 Å². The Morgan fingerprint density at radius 3 is 2.89 bits per heavy atom. The van der Waals surface area contributed by atoms with Gasteiger partial charge in [0.2, 0.25) is 5.76 Å². The lowest BCUT2D eigenvalue weighted by atomic mass is 10.3. The molecule has 0 aromatic carbocycles. The van der Waals surface area contributed by atoms with Gasteiger partial charge < -0.3 is 19.6 Å². The summed E-state index contributed by atoms with van der Waals surface area (Å²) >= 11 is 0. The van der Waals surface area contributed by atoms with Crippen LogP contribution >= 0.6 is 0 Å². The number of rotatable bonds is 7. The Morgan fingerprint density at radius 1 is 1.18 bits per heavy atom. The molecule has 0 aliphatic heterocycles. The molecule has 4 rings (SSSR count). The van der Waals surface area contributed by atoms with Crippen molar-refractivity contribution in [3.8, 4) is 17.3 Å². The maximum Gasteiger partial charge on any atom is 0.273 e. The fourth-order valence-corrected chi connectivity index (χ4v) is 2.57. The summed E-state index contributed by atoms with van der Waals surface area (Å²) in [6.07, 6.45) is 6.54. The number of amides is 1. The maximum atomic E-state index is 12.2. The Kier molecular flexibility index (Phi) is 4.83. The molecule has 0 saturated carbocycles. The number of nitrogens with zero attached hydrogens (tertiary/aromatic N) is 5. The van der Waals surface area contributed by atoms with E-state index in [1.165, 1.54) is 18.7 Å². The highest BCUT2D eigenvalue weighted by atomic mass is 16.5. The van der Waals surface area contributed by atoms with Gasteiger partial charge in [-0.1, -0.05) is 5.16 Å². The summed E-state index contributed by atoms with van der Waals surface area (Å²) in [6, 6.07) is 6.80. The van der Waals surface area contributed by atoms with Crippen LogP contribution < -0.4 is 10.6 Å². The first-order chi connectivity index (χ1) is 13.7. The lowest BCUT2D eigenvalue weighted by molar-refractivity contribution is 0.0946. The number of hydrogen-bond donors (Lipinski definition) is 2. The average Bonchev–Trinajstić information content (AvgIpc) is 3.46. The number of aryl methyl sites for hydroxylation is 1. The molecule has 28 heavy (non-hydrogen) atoms. The van der Waals surface area contributed by atoms with Crippen LogP contribution in [0.15, 0.2) is 58.2 Å². The van der Waals surface area contributed by atoms with E-state index in [4.69, 9.17) is 8.94 Å². The van der Waals surface area contributed by atoms with Crippen molar-refractivity contribution in [3.05, 3.63) is 60.8 Å². The van der Waals surface area contributed by atoms with Crippen molar-refractivity contribution in [1.82, 2.24) is 30.0 Å². The van der Waals surface area contributed by atoms with E-state index in [9.17, 15) is 4.79 Å². The zero-order valence-corrected chi connectivity index (χ0v) is 15.0. The SMILES string of the molecule is Cc1nccn1-c1cc(NCCNC(=O)c2cc(-c3ccco3)on2)ncn1. The topological polar surface area (TPSA) is 124 Å². The van der Waals surface area contributed by atoms with Crippen molar-refractivity contribution in [1.29, 1.82) is 0 Å². The molecule has 142 valence electrons. The highest BCUT2D eigenvalue weighted by Gasteiger charge is 2.14. The van der Waals surface area contributed by atoms with Gasteiger partial charge >= 0.3 is 0 Å². The van der Waals surface area contributed by atoms with Crippen LogP contribution in [0.5, 0.6) is 0 Å². The van der Waals surface area contributed by atoms with Gasteiger partial charge in [-0.3, -0.25) is 9.36 Å². The molecule has 0 aliphatic rings. The van der Waals surface area contributed by atoms with Crippen LogP contribution in [0.1, 0.15) is 16.3 Å². The smallest absolute Gasteiger partial charge is 0.273 e. The van der Waals surface area contributed by atoms with E-state index in [0.717, 1.165) is 5.82 Å². The molecule has 4 aromatic heterocycles. The van der Waals surface area contributed by atoms with Crippen molar-refractivity contribution >= 4 is 11.7 Å². The third kappa shape index (κ3) is 3.75. The molecule has 4 heterocycles. The highest BCUT2D eigenvalue weighted by Crippen LogP contribution is 2.20. The van der Waals surface area contributed by atoms with Gasteiger partial charge in [0.25, 0.3) is 5.91 Å². The first-order valence-electron chi connectivity index (χ1n) is 8.56. The van der Waals surface area contributed by atoms with Crippen LogP contribution in [0.25, 0.3) is 17.3 Å². The number of nitrogens with one attached hydrogen (secondary N) is 2. The number of carbonyl (C=O) groups excluding carboxylic acids is 1. The lowest BCUT2D eigenvalue weighted by Gasteiger charge is -2.08. The second-order valence-electron chi connectivity index (χ2n) is 5.84. The van der Waals surface area contributed by atoms with Gasteiger partial charge in [-0.05, 0) is 19.1 Å². The molecule has 0 saturated heterocycles. The molecule has 10 heteroatoms. The number of imidazole rings is 1. The van der Waals surface area contributed by atoms with Gasteiger partial charge in [0.1, 0.15) is 23.8 Å². The Bertz CT molecular complexity index is 1070. The molecule has 0 fully saturated rings. The van der Waals surface area contributed by atoms with Crippen molar-refractivity contribution in [3.63, 3.8) is 0 Å². The quantitative estimate of drug-likeness (QED) is 0.468. The van der Waals surface area contributed by atoms with E-state index in [0.29, 0.717) is 36.2 Å². The molecule has 0 spiro atoms. The monoisotopic (exact) mass is 379 g/mol. The summed E-state index contributed by atoms with van der Waals surface area (Å²) in [5, 5.41) is 9.67. The zero-order valence-electron chi connectivity index (χ0n) is 15.0. The van der Waals surface area contributed by atoms with Gasteiger partial charge in [-0.2, -0.15) is 0 Å². The molecular formula is C18H17N7O3. The normalized spacial score (nSPS) is 10.8. The van der Waals surface area contributed by atoms with Gasteiger partial charge in [0.15, 0.2) is 11.5 Å². The van der Waals surface area contributed by atoms with E-state index in [1.54, 1.807) is 18.3 Å². The van der Waals surface area contributed by atoms with Crippen LogP contribution in [-0.2, 0) is 0 Å². The van der Waals surface area contributed by atoms with Crippen molar-refractivity contribution in [2.24, 2.45) is 0 Å². The summed E-state index contributed by atoms with van der Waals surface area (Å²) in [6.45, 7) is 2.76. The van der Waals surface area contributed by atoms with Crippen LogP contribution in [0, 0.1) is 6.92 Å². The van der Waals surface area contributed by atoms with E-state index in [2.05, 4.69) is 30.7 Å². The van der Waals surface area contributed by atoms with E-state index in [-0.39, 0.29) is 11.6 Å². The Morgan fingerprint density at radius 2 is 2.11 bits per heavy atom. The molecule has 0 radical (unpaired) electrons. The third-order valence-corrected chi connectivity index (χ3v) is 3.95. The lowest BCUT2D eigenvalue weighted by Crippen LogP contribution is -2.29. The number of carbonyl (C=O) groups is 1. The van der Waals surface area contributed by atoms with Crippen LogP contribution in [0.2, 0.25) is 0 Å². The van der Waals surface area contributed by atoms with Crippen LogP contribution in [0.3, 0.4) is 0 Å². The summed E-state index contributed by atoms with van der Waals surface area (Å²) in [5.74, 6) is 2.77. The molecule has 0 atom stereocenters. The Balaban J connectivity index is 1.29. The zero-order chi connectivity index (χ0) is 19.3. The molecule has 4 aromatic rings. The van der Waals surface area contributed by atoms with Crippen molar-refractivity contribution in [2.45, 2.75) is 6.92 Å². The summed E-state index contributed by atoms with van der Waals surface area (Å²) in [4.78, 5) is 24.8. The fourth-order valence-electron chi connectivity index (χ4n) is 2.57. The van der Waals surface area contributed by atoms with Gasteiger partial charge in [-0.15, -0.1) is 0 Å². The van der Waals surface area contributed by atoms with E-state index >= 15 is 0 Å². The third-order valence-electron chi connectivity index (χ3n) is 3.95. The predicted molar refractivity (Wildman–Crippen MR) is 98.9 cm³/mol. The average molecular weight is 379 g/mol. The molecule has 0 aliphatic carbocycles. The molecule has 10 nitrogen and oxygen atoms in total. The number of anilines is 1. The van der Waals surface area contributed by atoms with Gasteiger partial charge in [0, 0.05) is 37.6 Å². The molecule has 2 N–H and O–H groups in total. The minimum Gasteiger partial charge on any atom is -0.461 e. The van der Waals surface area contributed by atoms with Crippen molar-refractivity contribution < 1.29 is 13.7 Å². The van der Waals surface area contributed by atoms with Crippen LogP contribution in [0.4, 0.5) is 5.82 Å². The standard InChI is InChI=1S/C18H17N7O3/c1-12-19-6-7-25(12)17-10-16(22-11-23-17)20-4-5-21-18(26)13-9-15(28-24-13)14-3-2-8-27-14/h2-3,6-11H,4-5H2,1H3,(H,21,26)(H,20,22,23). The number of hydrogen-bond acceptors (Lipinski definition) is 8. The number of furan rings is 1. The van der Waals surface area contributed by atoms with E-state index < -0.39 is 0 Å². The largest absolute Gasteiger partial charge is 0.461 e. The predicted octanol–water partition coefficient (Wildman–Crippen LogP) is 2.06.